The van der Waals surface area contributed by atoms with Crippen molar-refractivity contribution in [1.29, 1.82) is 0 Å². The van der Waals surface area contributed by atoms with Gasteiger partial charge in [0.25, 0.3) is 0 Å². The number of alkyl halides is 1. The Kier molecular flexibility index (Phi) is 6.43. The van der Waals surface area contributed by atoms with Crippen molar-refractivity contribution in [2.75, 3.05) is 0 Å². The molecular weight excluding hydrogens is 439 g/mol. The second-order valence-electron chi connectivity index (χ2n) is 7.11. The molecule has 3 aromatic carbocycles. The van der Waals surface area contributed by atoms with Gasteiger partial charge in [-0.05, 0) is 24.3 Å². The van der Waals surface area contributed by atoms with Crippen LogP contribution in [0.5, 0.6) is 0 Å². The van der Waals surface area contributed by atoms with Crippen molar-refractivity contribution in [2.45, 2.75) is 27.5 Å². The summed E-state index contributed by atoms with van der Waals surface area (Å²) < 4.78 is 66.4. The van der Waals surface area contributed by atoms with Gasteiger partial charge in [-0.2, -0.15) is 0 Å². The summed E-state index contributed by atoms with van der Waals surface area (Å²) >= 11 is 0. The lowest BCUT2D eigenvalue weighted by Crippen LogP contribution is -2.48. The van der Waals surface area contributed by atoms with E-state index in [0.717, 1.165) is 31.2 Å². The second-order valence-corrected chi connectivity index (χ2v) is 11.5. The zero-order valence-corrected chi connectivity index (χ0v) is 18.3. The monoisotopic (exact) mass is 460 g/mol. The van der Waals surface area contributed by atoms with Crippen LogP contribution in [0.25, 0.3) is 0 Å². The summed E-state index contributed by atoms with van der Waals surface area (Å²) in [6, 6.07) is 21.1. The number of halogens is 1. The molecular formula is C23H21FO5S2. The molecule has 0 N–H and O–H groups in total. The minimum absolute atomic E-state index is 0.242. The first kappa shape index (κ1) is 22.8. The molecule has 0 saturated heterocycles. The van der Waals surface area contributed by atoms with Crippen LogP contribution in [-0.4, -0.2) is 27.0 Å². The smallest absolute Gasteiger partial charge is 0.294 e. The summed E-state index contributed by atoms with van der Waals surface area (Å²) in [7, 11) is -10.1. The zero-order chi connectivity index (χ0) is 22.7. The highest BCUT2D eigenvalue weighted by atomic mass is 32.3. The number of ketones is 1. The first-order chi connectivity index (χ1) is 14.6. The third kappa shape index (κ3) is 4.05. The highest BCUT2D eigenvalue weighted by molar-refractivity contribution is 8.10. The molecule has 0 spiro atoms. The molecule has 8 heteroatoms. The van der Waals surface area contributed by atoms with Crippen LogP contribution < -0.4 is 0 Å². The highest BCUT2D eigenvalue weighted by Gasteiger charge is 2.61. The van der Waals surface area contributed by atoms with E-state index in [1.807, 2.05) is 0 Å². The van der Waals surface area contributed by atoms with Gasteiger partial charge in [-0.1, -0.05) is 73.7 Å². The number of rotatable bonds is 8. The summed E-state index contributed by atoms with van der Waals surface area (Å²) in [6.45, 7) is 1.13. The van der Waals surface area contributed by atoms with Gasteiger partial charge in [-0.25, -0.2) is 21.2 Å². The molecule has 0 saturated carbocycles. The molecule has 0 radical (unpaired) electrons. The molecule has 31 heavy (non-hydrogen) atoms. The number of sulfone groups is 2. The second kappa shape index (κ2) is 8.72. The maximum atomic E-state index is 16.7. The topological polar surface area (TPSA) is 85.3 Å². The van der Waals surface area contributed by atoms with Crippen LogP contribution in [0.2, 0.25) is 0 Å². The largest absolute Gasteiger partial charge is 0.320 e. The number of hydrogen-bond acceptors (Lipinski definition) is 5. The molecule has 3 rings (SSSR count). The minimum atomic E-state index is -5.04. The van der Waals surface area contributed by atoms with Gasteiger partial charge >= 0.3 is 4.33 Å². The Bertz CT molecular complexity index is 1190. The number of carbonyl (C=O) groups excluding carboxylic acids is 1. The lowest BCUT2D eigenvalue weighted by atomic mass is 10.0. The van der Waals surface area contributed by atoms with E-state index in [-0.39, 0.29) is 5.56 Å². The summed E-state index contributed by atoms with van der Waals surface area (Å²) in [6.07, 6.45) is -0.612. The average Bonchev–Trinajstić information content (AvgIpc) is 2.79. The molecule has 0 bridgehead atoms. The molecule has 0 amide bonds. The molecule has 5 nitrogen and oxygen atoms in total. The van der Waals surface area contributed by atoms with Gasteiger partial charge in [0.15, 0.2) is 5.78 Å². The third-order valence-electron chi connectivity index (χ3n) is 5.02. The molecule has 1 atom stereocenters. The van der Waals surface area contributed by atoms with Crippen molar-refractivity contribution < 1.29 is 26.0 Å². The van der Waals surface area contributed by atoms with Gasteiger partial charge in [-0.3, -0.25) is 4.79 Å². The van der Waals surface area contributed by atoms with Gasteiger partial charge in [0.2, 0.25) is 19.7 Å². The molecule has 0 aromatic heterocycles. The Morgan fingerprint density at radius 1 is 0.742 bits per heavy atom. The lowest BCUT2D eigenvalue weighted by Gasteiger charge is -2.30. The third-order valence-corrected chi connectivity index (χ3v) is 10.4. The van der Waals surface area contributed by atoms with Crippen molar-refractivity contribution in [1.82, 2.24) is 0 Å². The van der Waals surface area contributed by atoms with Crippen molar-refractivity contribution >= 4 is 25.5 Å². The number of benzene rings is 3. The predicted octanol–water partition coefficient (Wildman–Crippen LogP) is 4.47. The molecule has 162 valence electrons. The van der Waals surface area contributed by atoms with Gasteiger partial charge in [0, 0.05) is 17.9 Å². The Morgan fingerprint density at radius 3 is 1.48 bits per heavy atom. The fraction of sp³-hybridized carbons (Fsp3) is 0.174. The van der Waals surface area contributed by atoms with Crippen molar-refractivity contribution in [3.05, 3.63) is 96.6 Å². The van der Waals surface area contributed by atoms with Crippen molar-refractivity contribution in [2.24, 2.45) is 5.92 Å². The Hall–Kier alpha value is -2.84. The molecule has 0 heterocycles. The maximum Gasteiger partial charge on any atom is 0.320 e. The molecule has 0 aliphatic carbocycles. The summed E-state index contributed by atoms with van der Waals surface area (Å²) in [4.78, 5) is 11.7. The van der Waals surface area contributed by atoms with Crippen LogP contribution in [-0.2, 0) is 19.7 Å². The highest BCUT2D eigenvalue weighted by Crippen LogP contribution is 2.44. The van der Waals surface area contributed by atoms with Crippen LogP contribution in [0.3, 0.4) is 0 Å². The molecule has 0 aliphatic rings. The van der Waals surface area contributed by atoms with Crippen LogP contribution >= 0.6 is 0 Å². The van der Waals surface area contributed by atoms with Crippen LogP contribution in [0.15, 0.2) is 101 Å². The summed E-state index contributed by atoms with van der Waals surface area (Å²) in [5, 5.41) is 0. The number of Topliss-reactive ketones (excluding diaryl/α,β-unsaturated/α-hetero) is 1. The first-order valence-corrected chi connectivity index (χ1v) is 12.5. The maximum absolute atomic E-state index is 16.7. The fourth-order valence-electron chi connectivity index (χ4n) is 3.34. The van der Waals surface area contributed by atoms with E-state index in [2.05, 4.69) is 0 Å². The van der Waals surface area contributed by atoms with Crippen molar-refractivity contribution in [3.63, 3.8) is 0 Å². The Labute approximate surface area is 181 Å². The van der Waals surface area contributed by atoms with Crippen LogP contribution in [0.4, 0.5) is 4.39 Å². The molecule has 0 aliphatic heterocycles. The Morgan fingerprint density at radius 2 is 1.10 bits per heavy atom. The predicted molar refractivity (Wildman–Crippen MR) is 116 cm³/mol. The molecule has 0 fully saturated rings. The van der Waals surface area contributed by atoms with E-state index in [0.29, 0.717) is 0 Å². The van der Waals surface area contributed by atoms with E-state index in [1.54, 1.807) is 18.2 Å². The quantitative estimate of drug-likeness (QED) is 0.463. The number of hydrogen-bond donors (Lipinski definition) is 0. The van der Waals surface area contributed by atoms with Gasteiger partial charge in [-0.15, -0.1) is 0 Å². The van der Waals surface area contributed by atoms with E-state index >= 15 is 4.39 Å². The van der Waals surface area contributed by atoms with E-state index < -0.39 is 51.9 Å². The van der Waals surface area contributed by atoms with Crippen molar-refractivity contribution in [3.8, 4) is 0 Å². The van der Waals surface area contributed by atoms with Gasteiger partial charge < -0.3 is 0 Å². The molecule has 3 aromatic rings. The SMILES string of the molecule is CC(CC(=O)c1ccccc1)C(F)(S(=O)(=O)c1ccccc1)S(=O)(=O)c1ccccc1. The minimum Gasteiger partial charge on any atom is -0.294 e. The number of carbonyl (C=O) groups is 1. The van der Waals surface area contributed by atoms with Gasteiger partial charge in [0.05, 0.1) is 9.79 Å². The van der Waals surface area contributed by atoms with E-state index in [4.69, 9.17) is 0 Å². The van der Waals surface area contributed by atoms with E-state index in [1.165, 1.54) is 48.5 Å². The fourth-order valence-corrected chi connectivity index (χ4v) is 7.97. The van der Waals surface area contributed by atoms with E-state index in [9.17, 15) is 21.6 Å². The van der Waals surface area contributed by atoms with Gasteiger partial charge in [0.1, 0.15) is 0 Å². The molecule has 1 unspecified atom stereocenters. The zero-order valence-electron chi connectivity index (χ0n) is 16.7. The first-order valence-electron chi connectivity index (χ1n) is 9.49. The summed E-state index contributed by atoms with van der Waals surface area (Å²) in [5.74, 6) is -2.24. The normalized spacial score (nSPS) is 13.5. The van der Waals surface area contributed by atoms with Crippen LogP contribution in [0.1, 0.15) is 23.7 Å². The van der Waals surface area contributed by atoms with Crippen LogP contribution in [0, 0.1) is 5.92 Å². The standard InChI is InChI=1S/C23H21FO5S2/c1-18(17-22(25)19-11-5-2-6-12-19)23(24,30(26,27)20-13-7-3-8-14-20)31(28,29)21-15-9-4-10-16-21/h2-16,18H,17H2,1H3. The average molecular weight is 461 g/mol. The summed E-state index contributed by atoms with van der Waals surface area (Å²) in [5.41, 5.74) is 0.242. The Balaban J connectivity index is 2.16. The lowest BCUT2D eigenvalue weighted by molar-refractivity contribution is 0.0944.